The van der Waals surface area contributed by atoms with E-state index in [-0.39, 0.29) is 28.7 Å². The Balaban J connectivity index is 3.20. The summed E-state index contributed by atoms with van der Waals surface area (Å²) < 4.78 is 27.4. The van der Waals surface area contributed by atoms with Crippen LogP contribution in [-0.2, 0) is 21.9 Å². The lowest BCUT2D eigenvalue weighted by molar-refractivity contribution is -0.125. The molecule has 0 radical (unpaired) electrons. The minimum absolute atomic E-state index is 0.00264. The predicted octanol–water partition coefficient (Wildman–Crippen LogP) is 2.28. The summed E-state index contributed by atoms with van der Waals surface area (Å²) in [6.07, 6.45) is 4.32. The minimum Gasteiger partial charge on any atom is -0.273 e. The van der Waals surface area contributed by atoms with Crippen LogP contribution in [0.5, 0.6) is 0 Å². The number of hydrogen-bond acceptors (Lipinski definition) is 4. The van der Waals surface area contributed by atoms with Gasteiger partial charge in [-0.1, -0.05) is 30.7 Å². The Kier molecular flexibility index (Phi) is 5.98. The fraction of sp³-hybridized carbons (Fsp3) is 0.538. The number of carbonyl (C=O) groups excluding carboxylic acids is 1. The molecule has 1 aromatic heterocycles. The number of aryl methyl sites for hydroxylation is 2. The fourth-order valence-corrected chi connectivity index (χ4v) is 4.08. The Bertz CT molecular complexity index is 650. The Labute approximate surface area is 130 Å². The first-order valence-corrected chi connectivity index (χ1v) is 8.48. The minimum atomic E-state index is -3.99. The maximum Gasteiger partial charge on any atom is 0.271 e. The molecule has 0 spiro atoms. The number of halogens is 1. The van der Waals surface area contributed by atoms with E-state index < -0.39 is 15.9 Å². The topological polar surface area (TPSA) is 72.3 Å². The van der Waals surface area contributed by atoms with Crippen molar-refractivity contribution in [2.75, 3.05) is 6.54 Å². The molecule has 0 fully saturated rings. The van der Waals surface area contributed by atoms with E-state index in [0.717, 1.165) is 10.7 Å². The highest BCUT2D eigenvalue weighted by Crippen LogP contribution is 2.27. The van der Waals surface area contributed by atoms with Gasteiger partial charge in [-0.05, 0) is 20.3 Å². The third kappa shape index (κ3) is 3.65. The number of hydrogen-bond donors (Lipinski definition) is 0. The van der Waals surface area contributed by atoms with E-state index in [1.54, 1.807) is 27.0 Å². The first-order chi connectivity index (χ1) is 9.77. The molecule has 0 saturated heterocycles. The smallest absolute Gasteiger partial charge is 0.271 e. The molecule has 0 bridgehead atoms. The molecule has 1 amide bonds. The second-order valence-corrected chi connectivity index (χ2v) is 6.63. The SMILES string of the molecule is CCC=CCC(=O)N(CC)S(=O)(=O)c1c(C)nn(C)c1Cl. The zero-order valence-corrected chi connectivity index (χ0v) is 14.2. The molecule has 1 heterocycles. The second-order valence-electron chi connectivity index (χ2n) is 4.48. The van der Waals surface area contributed by atoms with Crippen molar-refractivity contribution >= 4 is 27.5 Å². The van der Waals surface area contributed by atoms with E-state index in [2.05, 4.69) is 5.10 Å². The van der Waals surface area contributed by atoms with E-state index in [9.17, 15) is 13.2 Å². The summed E-state index contributed by atoms with van der Waals surface area (Å²) in [5, 5.41) is 3.98. The molecule has 1 rings (SSSR count). The number of carbonyl (C=O) groups is 1. The van der Waals surface area contributed by atoms with Crippen LogP contribution in [0, 0.1) is 6.92 Å². The normalized spacial score (nSPS) is 12.0. The molecule has 118 valence electrons. The van der Waals surface area contributed by atoms with E-state index in [0.29, 0.717) is 0 Å². The fourth-order valence-electron chi connectivity index (χ4n) is 1.95. The van der Waals surface area contributed by atoms with Crippen molar-refractivity contribution in [2.24, 2.45) is 7.05 Å². The van der Waals surface area contributed by atoms with Crippen molar-refractivity contribution in [3.05, 3.63) is 23.0 Å². The van der Waals surface area contributed by atoms with Crippen molar-refractivity contribution in [1.29, 1.82) is 0 Å². The van der Waals surface area contributed by atoms with Gasteiger partial charge in [-0.3, -0.25) is 9.48 Å². The molecule has 0 aliphatic rings. The maximum absolute atomic E-state index is 12.6. The molecule has 0 aliphatic carbocycles. The first kappa shape index (κ1) is 17.7. The van der Waals surface area contributed by atoms with Crippen LogP contribution in [0.25, 0.3) is 0 Å². The third-order valence-electron chi connectivity index (χ3n) is 2.91. The Morgan fingerprint density at radius 1 is 1.38 bits per heavy atom. The van der Waals surface area contributed by atoms with Gasteiger partial charge in [-0.15, -0.1) is 0 Å². The molecule has 1 aromatic rings. The van der Waals surface area contributed by atoms with Gasteiger partial charge >= 0.3 is 0 Å². The molecule has 6 nitrogen and oxygen atoms in total. The summed E-state index contributed by atoms with van der Waals surface area (Å²) in [6.45, 7) is 5.15. The van der Waals surface area contributed by atoms with Crippen LogP contribution in [0.3, 0.4) is 0 Å². The summed E-state index contributed by atoms with van der Waals surface area (Å²) in [7, 11) is -2.44. The van der Waals surface area contributed by atoms with E-state index in [4.69, 9.17) is 11.6 Å². The van der Waals surface area contributed by atoms with Gasteiger partial charge in [0.2, 0.25) is 5.91 Å². The van der Waals surface area contributed by atoms with Crippen LogP contribution in [0.2, 0.25) is 5.15 Å². The van der Waals surface area contributed by atoms with Crippen LogP contribution < -0.4 is 0 Å². The Morgan fingerprint density at radius 2 is 2.00 bits per heavy atom. The van der Waals surface area contributed by atoms with Crippen LogP contribution in [0.4, 0.5) is 0 Å². The number of allylic oxidation sites excluding steroid dienone is 1. The van der Waals surface area contributed by atoms with E-state index in [1.165, 1.54) is 4.68 Å². The van der Waals surface area contributed by atoms with Crippen molar-refractivity contribution in [3.63, 3.8) is 0 Å². The van der Waals surface area contributed by atoms with Crippen LogP contribution >= 0.6 is 11.6 Å². The van der Waals surface area contributed by atoms with Gasteiger partial charge in [0.1, 0.15) is 10.0 Å². The number of rotatable bonds is 6. The second kappa shape index (κ2) is 7.09. The summed E-state index contributed by atoms with van der Waals surface area (Å²) in [6, 6.07) is 0. The van der Waals surface area contributed by atoms with Crippen LogP contribution in [0.15, 0.2) is 17.0 Å². The number of aromatic nitrogens is 2. The van der Waals surface area contributed by atoms with Crippen LogP contribution in [-0.4, -0.2) is 35.0 Å². The lowest BCUT2D eigenvalue weighted by atomic mass is 10.3. The van der Waals surface area contributed by atoms with Gasteiger partial charge < -0.3 is 0 Å². The lowest BCUT2D eigenvalue weighted by Crippen LogP contribution is -2.36. The summed E-state index contributed by atoms with van der Waals surface area (Å²) >= 11 is 6.00. The third-order valence-corrected chi connectivity index (χ3v) is 5.50. The van der Waals surface area contributed by atoms with Crippen molar-refractivity contribution < 1.29 is 13.2 Å². The highest BCUT2D eigenvalue weighted by molar-refractivity contribution is 7.89. The summed E-state index contributed by atoms with van der Waals surface area (Å²) in [4.78, 5) is 12.0. The maximum atomic E-state index is 12.6. The largest absolute Gasteiger partial charge is 0.273 e. The molecule has 0 aliphatic heterocycles. The molecule has 8 heteroatoms. The molecule has 0 unspecified atom stereocenters. The lowest BCUT2D eigenvalue weighted by Gasteiger charge is -2.20. The quantitative estimate of drug-likeness (QED) is 0.749. The number of nitrogens with zero attached hydrogens (tertiary/aromatic N) is 3. The van der Waals surface area contributed by atoms with Gasteiger partial charge in [0.05, 0.1) is 5.69 Å². The Hall–Kier alpha value is -1.34. The monoisotopic (exact) mass is 333 g/mol. The van der Waals surface area contributed by atoms with Gasteiger partial charge in [0.25, 0.3) is 10.0 Å². The van der Waals surface area contributed by atoms with Crippen molar-refractivity contribution in [2.45, 2.75) is 38.5 Å². The van der Waals surface area contributed by atoms with Crippen molar-refractivity contribution in [1.82, 2.24) is 14.1 Å². The molecule has 21 heavy (non-hydrogen) atoms. The average molecular weight is 334 g/mol. The molecule has 0 atom stereocenters. The van der Waals surface area contributed by atoms with Gasteiger partial charge in [0, 0.05) is 20.0 Å². The highest BCUT2D eigenvalue weighted by Gasteiger charge is 2.33. The van der Waals surface area contributed by atoms with Crippen molar-refractivity contribution in [3.8, 4) is 0 Å². The first-order valence-electron chi connectivity index (χ1n) is 6.66. The van der Waals surface area contributed by atoms with E-state index in [1.807, 2.05) is 13.0 Å². The van der Waals surface area contributed by atoms with Gasteiger partial charge in [-0.2, -0.15) is 5.10 Å². The zero-order valence-electron chi connectivity index (χ0n) is 12.6. The summed E-state index contributed by atoms with van der Waals surface area (Å²) in [5.74, 6) is -0.485. The predicted molar refractivity (Wildman–Crippen MR) is 81.6 cm³/mol. The number of sulfonamides is 1. The average Bonchev–Trinajstić information content (AvgIpc) is 2.64. The highest BCUT2D eigenvalue weighted by atomic mass is 35.5. The standard InChI is InChI=1S/C13H20ClN3O3S/c1-5-7-8-9-11(18)17(6-2)21(19,20)12-10(3)15-16(4)13(12)14/h7-8H,5-6,9H2,1-4H3. The molecular formula is C13H20ClN3O3S. The van der Waals surface area contributed by atoms with E-state index >= 15 is 0 Å². The number of amides is 1. The molecular weight excluding hydrogens is 314 g/mol. The summed E-state index contributed by atoms with van der Waals surface area (Å²) in [5.41, 5.74) is 0.276. The van der Waals surface area contributed by atoms with Gasteiger partial charge in [-0.25, -0.2) is 12.7 Å². The zero-order chi connectivity index (χ0) is 16.2. The van der Waals surface area contributed by atoms with Crippen LogP contribution in [0.1, 0.15) is 32.4 Å². The molecule has 0 saturated carbocycles. The molecule has 0 N–H and O–H groups in total. The van der Waals surface area contributed by atoms with Gasteiger partial charge in [0.15, 0.2) is 0 Å². The Morgan fingerprint density at radius 3 is 2.43 bits per heavy atom. The molecule has 0 aromatic carbocycles.